The Bertz CT molecular complexity index is 823. The van der Waals surface area contributed by atoms with E-state index < -0.39 is 0 Å². The highest BCUT2D eigenvalue weighted by Gasteiger charge is 2.23. The van der Waals surface area contributed by atoms with E-state index in [1.165, 1.54) is 0 Å². The van der Waals surface area contributed by atoms with E-state index in [4.69, 9.17) is 0 Å². The lowest BCUT2D eigenvalue weighted by Gasteiger charge is -2.33. The second kappa shape index (κ2) is 8.04. The van der Waals surface area contributed by atoms with Gasteiger partial charge in [-0.3, -0.25) is 9.59 Å². The van der Waals surface area contributed by atoms with E-state index in [2.05, 4.69) is 15.1 Å². The summed E-state index contributed by atoms with van der Waals surface area (Å²) in [4.78, 5) is 28.3. The predicted octanol–water partition coefficient (Wildman–Crippen LogP) is 0.763. The number of nitrogens with zero attached hydrogens (tertiary/aromatic N) is 6. The molecule has 0 radical (unpaired) electrons. The molecule has 0 aromatic carbocycles. The van der Waals surface area contributed by atoms with Crippen LogP contribution in [0.15, 0.2) is 35.4 Å². The first-order valence-electron chi connectivity index (χ1n) is 9.77. The van der Waals surface area contributed by atoms with E-state index >= 15 is 0 Å². The quantitative estimate of drug-likeness (QED) is 0.751. The van der Waals surface area contributed by atoms with Gasteiger partial charge in [0.25, 0.3) is 5.56 Å². The molecule has 8 nitrogen and oxygen atoms in total. The Labute approximate surface area is 158 Å². The Morgan fingerprint density at radius 1 is 1.07 bits per heavy atom. The lowest BCUT2D eigenvalue weighted by Crippen LogP contribution is -2.41. The van der Waals surface area contributed by atoms with Crippen LogP contribution in [-0.4, -0.2) is 68.0 Å². The van der Waals surface area contributed by atoms with E-state index in [0.29, 0.717) is 30.6 Å². The summed E-state index contributed by atoms with van der Waals surface area (Å²) in [6, 6.07) is 5.10. The van der Waals surface area contributed by atoms with Crippen molar-refractivity contribution in [3.05, 3.63) is 40.9 Å². The highest BCUT2D eigenvalue weighted by Crippen LogP contribution is 2.19. The monoisotopic (exact) mass is 370 g/mol. The zero-order chi connectivity index (χ0) is 18.6. The molecule has 0 N–H and O–H groups in total. The van der Waals surface area contributed by atoms with Crippen LogP contribution in [0.2, 0.25) is 0 Å². The van der Waals surface area contributed by atoms with Gasteiger partial charge < -0.3 is 9.80 Å². The van der Waals surface area contributed by atoms with E-state index in [0.717, 1.165) is 52.0 Å². The average Bonchev–Trinajstić information content (AvgIpc) is 3.35. The number of hydrogen-bond acceptors (Lipinski definition) is 5. The molecule has 0 atom stereocenters. The van der Waals surface area contributed by atoms with Gasteiger partial charge in [0.2, 0.25) is 5.91 Å². The van der Waals surface area contributed by atoms with Gasteiger partial charge in [0.15, 0.2) is 5.82 Å². The molecular weight excluding hydrogens is 344 g/mol. The minimum atomic E-state index is -0.0686. The first-order chi connectivity index (χ1) is 13.2. The molecule has 0 saturated carbocycles. The highest BCUT2D eigenvalue weighted by atomic mass is 16.2. The van der Waals surface area contributed by atoms with Crippen LogP contribution in [0, 0.1) is 5.92 Å². The lowest BCUT2D eigenvalue weighted by atomic mass is 9.97. The average molecular weight is 370 g/mol. The van der Waals surface area contributed by atoms with Gasteiger partial charge in [-0.25, -0.2) is 9.36 Å². The first kappa shape index (κ1) is 17.9. The largest absolute Gasteiger partial charge is 0.341 e. The minimum Gasteiger partial charge on any atom is -0.341 e. The minimum absolute atomic E-state index is 0.0686. The summed E-state index contributed by atoms with van der Waals surface area (Å²) in [5.41, 5.74) is -0.0686. The van der Waals surface area contributed by atoms with Crippen molar-refractivity contribution in [2.75, 3.05) is 32.7 Å². The van der Waals surface area contributed by atoms with E-state index in [9.17, 15) is 9.59 Å². The molecule has 4 rings (SSSR count). The molecule has 2 aliphatic heterocycles. The summed E-state index contributed by atoms with van der Waals surface area (Å²) in [6.07, 6.45) is 7.33. The number of rotatable bonds is 6. The van der Waals surface area contributed by atoms with Crippen molar-refractivity contribution in [2.45, 2.75) is 32.2 Å². The molecular formula is C19H26N6O2. The van der Waals surface area contributed by atoms with Gasteiger partial charge in [-0.1, -0.05) is 0 Å². The molecule has 2 fully saturated rings. The van der Waals surface area contributed by atoms with Crippen LogP contribution in [0.5, 0.6) is 0 Å². The summed E-state index contributed by atoms with van der Waals surface area (Å²) in [7, 11) is 0. The van der Waals surface area contributed by atoms with Crippen molar-refractivity contribution < 1.29 is 4.79 Å². The number of piperidine rings is 1. The normalized spacial score (nSPS) is 19.1. The van der Waals surface area contributed by atoms with Crippen LogP contribution >= 0.6 is 0 Å². The first-order valence-corrected chi connectivity index (χ1v) is 9.77. The van der Waals surface area contributed by atoms with Crippen LogP contribution in [0.1, 0.15) is 25.7 Å². The third-order valence-electron chi connectivity index (χ3n) is 5.59. The van der Waals surface area contributed by atoms with E-state index in [-0.39, 0.29) is 5.56 Å². The molecule has 0 spiro atoms. The molecule has 0 bridgehead atoms. The summed E-state index contributed by atoms with van der Waals surface area (Å²) < 4.78 is 3.23. The molecule has 27 heavy (non-hydrogen) atoms. The van der Waals surface area contributed by atoms with Gasteiger partial charge in [0.05, 0.1) is 0 Å². The molecule has 8 heteroatoms. The summed E-state index contributed by atoms with van der Waals surface area (Å²) in [5.74, 6) is 1.41. The third kappa shape index (κ3) is 4.27. The molecule has 1 amide bonds. The summed E-state index contributed by atoms with van der Waals surface area (Å²) >= 11 is 0. The van der Waals surface area contributed by atoms with Crippen LogP contribution in [-0.2, 0) is 11.3 Å². The van der Waals surface area contributed by atoms with Gasteiger partial charge in [-0.05, 0) is 50.4 Å². The zero-order valence-corrected chi connectivity index (χ0v) is 15.5. The number of likely N-dealkylation sites (tertiary alicyclic amines) is 2. The van der Waals surface area contributed by atoms with E-state index in [1.54, 1.807) is 27.7 Å². The molecule has 2 aromatic rings. The number of aromatic nitrogens is 4. The van der Waals surface area contributed by atoms with Crippen LogP contribution in [0.25, 0.3) is 5.82 Å². The zero-order valence-electron chi connectivity index (χ0n) is 15.5. The Morgan fingerprint density at radius 3 is 2.63 bits per heavy atom. The van der Waals surface area contributed by atoms with Crippen molar-refractivity contribution >= 4 is 5.91 Å². The fraction of sp³-hybridized carbons (Fsp3) is 0.579. The van der Waals surface area contributed by atoms with Crippen molar-refractivity contribution in [1.82, 2.24) is 29.4 Å². The predicted molar refractivity (Wildman–Crippen MR) is 101 cm³/mol. The molecule has 0 unspecified atom stereocenters. The third-order valence-corrected chi connectivity index (χ3v) is 5.59. The van der Waals surface area contributed by atoms with Gasteiger partial charge in [-0.15, -0.1) is 5.10 Å². The molecule has 4 heterocycles. The van der Waals surface area contributed by atoms with Gasteiger partial charge >= 0.3 is 0 Å². The van der Waals surface area contributed by atoms with Crippen LogP contribution in [0.4, 0.5) is 0 Å². The standard InChI is InChI=1S/C19H26N6O2/c26-18-3-1-9-23(18)14-13-22-11-6-16(7-12-22)15-25-19(27)5-4-17(21-25)24-10-2-8-20-24/h2,4-5,8,10,16H,1,3,6-7,9,11-15H2. The topological polar surface area (TPSA) is 76.3 Å². The van der Waals surface area contributed by atoms with Crippen molar-refractivity contribution in [3.63, 3.8) is 0 Å². The van der Waals surface area contributed by atoms with Crippen molar-refractivity contribution in [2.24, 2.45) is 5.92 Å². The fourth-order valence-corrected chi connectivity index (χ4v) is 3.94. The van der Waals surface area contributed by atoms with E-state index in [1.807, 2.05) is 17.2 Å². The lowest BCUT2D eigenvalue weighted by molar-refractivity contribution is -0.127. The summed E-state index contributed by atoms with van der Waals surface area (Å²) in [6.45, 7) is 5.38. The van der Waals surface area contributed by atoms with Gasteiger partial charge in [0.1, 0.15) is 0 Å². The van der Waals surface area contributed by atoms with Crippen molar-refractivity contribution in [3.8, 4) is 5.82 Å². The maximum atomic E-state index is 12.2. The van der Waals surface area contributed by atoms with Gasteiger partial charge in [-0.2, -0.15) is 5.10 Å². The molecule has 144 valence electrons. The molecule has 0 aliphatic carbocycles. The Morgan fingerprint density at radius 2 is 1.93 bits per heavy atom. The number of amides is 1. The molecule has 2 aromatic heterocycles. The Balaban J connectivity index is 1.29. The maximum absolute atomic E-state index is 12.2. The smallest absolute Gasteiger partial charge is 0.266 e. The fourth-order valence-electron chi connectivity index (χ4n) is 3.94. The Hall–Kier alpha value is -2.48. The van der Waals surface area contributed by atoms with Crippen molar-refractivity contribution in [1.29, 1.82) is 0 Å². The molecule has 2 aliphatic rings. The second-order valence-electron chi connectivity index (χ2n) is 7.43. The van der Waals surface area contributed by atoms with Gasteiger partial charge in [0, 0.05) is 51.1 Å². The molecule has 2 saturated heterocycles. The van der Waals surface area contributed by atoms with Crippen LogP contribution in [0.3, 0.4) is 0 Å². The Kier molecular flexibility index (Phi) is 5.33. The highest BCUT2D eigenvalue weighted by molar-refractivity contribution is 5.78. The SMILES string of the molecule is O=C1CCCN1CCN1CCC(Cn2nc(-n3cccn3)ccc2=O)CC1. The second-order valence-corrected chi connectivity index (χ2v) is 7.43. The maximum Gasteiger partial charge on any atom is 0.266 e. The number of carbonyl (C=O) groups excluding carboxylic acids is 1. The van der Waals surface area contributed by atoms with Crippen LogP contribution < -0.4 is 5.56 Å². The summed E-state index contributed by atoms with van der Waals surface area (Å²) in [5, 5.41) is 8.65. The number of carbonyl (C=O) groups is 1. The number of hydrogen-bond donors (Lipinski definition) is 0.